The Balaban J connectivity index is 1.20. The van der Waals surface area contributed by atoms with Crippen molar-refractivity contribution in [1.29, 1.82) is 0 Å². The van der Waals surface area contributed by atoms with Crippen LogP contribution >= 0.6 is 22.9 Å². The molecule has 6 nitrogen and oxygen atoms in total. The smallest absolute Gasteiger partial charge is 0.398 e. The Morgan fingerprint density at radius 3 is 2.67 bits per heavy atom. The number of nitrogens with two attached hydrogens (primary N) is 1. The number of nitrogens with zero attached hydrogens (tertiary/aromatic N) is 2. The van der Waals surface area contributed by atoms with Gasteiger partial charge in [-0.15, -0.1) is 0 Å². The second-order valence-electron chi connectivity index (χ2n) is 10.9. The molecule has 40 heavy (non-hydrogen) atoms. The average Bonchev–Trinajstić information content (AvgIpc) is 3.36. The molecule has 0 spiro atoms. The number of ether oxygens (including phenoxy) is 1. The molecule has 210 valence electrons. The Kier molecular flexibility index (Phi) is 6.91. The predicted molar refractivity (Wildman–Crippen MR) is 149 cm³/mol. The molecule has 1 saturated heterocycles. The number of carbonyl (C=O) groups is 2. The van der Waals surface area contributed by atoms with Crippen LogP contribution in [0.1, 0.15) is 52.7 Å². The van der Waals surface area contributed by atoms with Crippen LogP contribution in [0.4, 0.5) is 18.3 Å². The maximum absolute atomic E-state index is 13.7. The SMILES string of the molecule is Cc1cccc(Cl)c1C(N)=C(CO[C@@H]1C[C@H]2C[C@H]1CN2c1nc2c(C(F)(F)F)cc(C=O)cc2s1)C(=O)C1CC1. The summed E-state index contributed by atoms with van der Waals surface area (Å²) in [5, 5.41) is 0.997. The minimum atomic E-state index is -4.61. The minimum Gasteiger partial charge on any atom is -0.398 e. The Bertz CT molecular complexity index is 1530. The van der Waals surface area contributed by atoms with Gasteiger partial charge in [-0.2, -0.15) is 13.2 Å². The summed E-state index contributed by atoms with van der Waals surface area (Å²) in [5.74, 6) is 0.118. The molecule has 3 aliphatic rings. The third-order valence-corrected chi connectivity index (χ3v) is 9.53. The molecule has 6 rings (SSSR count). The number of Topliss-reactive ketones (excluding diaryl/α,β-unsaturated/α-hetero) is 1. The van der Waals surface area contributed by atoms with Crippen molar-refractivity contribution in [3.8, 4) is 0 Å². The number of piperidine rings is 1. The van der Waals surface area contributed by atoms with Crippen LogP contribution in [0.2, 0.25) is 5.02 Å². The number of aldehydes is 1. The van der Waals surface area contributed by atoms with Gasteiger partial charge in [0, 0.05) is 46.8 Å². The number of aryl methyl sites for hydroxylation is 1. The molecule has 11 heteroatoms. The molecule has 3 aromatic rings. The lowest BCUT2D eigenvalue weighted by atomic mass is 9.98. The number of aromatic nitrogens is 1. The first-order chi connectivity index (χ1) is 19.0. The van der Waals surface area contributed by atoms with E-state index in [2.05, 4.69) is 4.98 Å². The van der Waals surface area contributed by atoms with Crippen molar-refractivity contribution >= 4 is 56.1 Å². The van der Waals surface area contributed by atoms with E-state index in [1.165, 1.54) is 17.4 Å². The van der Waals surface area contributed by atoms with Crippen LogP contribution in [0.5, 0.6) is 0 Å². The molecule has 3 atom stereocenters. The van der Waals surface area contributed by atoms with Gasteiger partial charge in [0.25, 0.3) is 0 Å². The van der Waals surface area contributed by atoms with E-state index < -0.39 is 11.7 Å². The Labute approximate surface area is 237 Å². The summed E-state index contributed by atoms with van der Waals surface area (Å²) in [4.78, 5) is 30.8. The zero-order valence-corrected chi connectivity index (χ0v) is 23.2. The standard InChI is InChI=1S/C29H27ClF3N3O3S/c1-14-3-2-4-21(30)24(14)25(34)19(27(38)16-5-6-16)13-39-22-10-18-9-17(22)11-36(18)28-35-26-20(29(31,32)33)7-15(12-37)8-23(26)40-28/h2-4,7-8,12,16-18,22H,5-6,9-11,13,34H2,1H3/t17-,18+,22+/m0/s1. The average molecular weight is 590 g/mol. The third-order valence-electron chi connectivity index (χ3n) is 8.17. The van der Waals surface area contributed by atoms with Crippen LogP contribution in [-0.2, 0) is 15.7 Å². The molecule has 2 bridgehead atoms. The van der Waals surface area contributed by atoms with Crippen molar-refractivity contribution in [1.82, 2.24) is 4.98 Å². The summed E-state index contributed by atoms with van der Waals surface area (Å²) in [7, 11) is 0. The number of alkyl halides is 3. The Hall–Kier alpha value is -2.95. The number of fused-ring (bicyclic) bond motifs is 3. The van der Waals surface area contributed by atoms with Gasteiger partial charge in [0.05, 0.1) is 33.5 Å². The van der Waals surface area contributed by atoms with Crippen molar-refractivity contribution < 1.29 is 27.5 Å². The third kappa shape index (κ3) is 4.90. The van der Waals surface area contributed by atoms with Crippen molar-refractivity contribution in [3.63, 3.8) is 0 Å². The molecule has 1 aromatic heterocycles. The van der Waals surface area contributed by atoms with Gasteiger partial charge in [0.2, 0.25) is 0 Å². The van der Waals surface area contributed by atoms with Crippen LogP contribution in [0.25, 0.3) is 15.9 Å². The highest BCUT2D eigenvalue weighted by molar-refractivity contribution is 7.22. The monoisotopic (exact) mass is 589 g/mol. The number of hydrogen-bond acceptors (Lipinski definition) is 7. The molecule has 0 amide bonds. The first kappa shape index (κ1) is 27.2. The number of rotatable bonds is 8. The fourth-order valence-electron chi connectivity index (χ4n) is 5.98. The van der Waals surface area contributed by atoms with Gasteiger partial charge in [0.1, 0.15) is 6.29 Å². The first-order valence-corrected chi connectivity index (χ1v) is 14.4. The summed E-state index contributed by atoms with van der Waals surface area (Å²) < 4.78 is 47.7. The molecule has 3 fully saturated rings. The molecule has 2 N–H and O–H groups in total. The van der Waals surface area contributed by atoms with Crippen LogP contribution in [0.15, 0.2) is 35.9 Å². The highest BCUT2D eigenvalue weighted by atomic mass is 35.5. The maximum Gasteiger partial charge on any atom is 0.418 e. The fraction of sp³-hybridized carbons (Fsp3) is 0.414. The second-order valence-corrected chi connectivity index (χ2v) is 12.3. The van der Waals surface area contributed by atoms with Gasteiger partial charge in [0.15, 0.2) is 10.9 Å². The van der Waals surface area contributed by atoms with E-state index >= 15 is 0 Å². The number of ketones is 1. The number of benzene rings is 2. The summed E-state index contributed by atoms with van der Waals surface area (Å²) in [5.41, 5.74) is 7.84. The van der Waals surface area contributed by atoms with Crippen molar-refractivity contribution in [2.75, 3.05) is 18.1 Å². The zero-order valence-electron chi connectivity index (χ0n) is 21.6. The van der Waals surface area contributed by atoms with Gasteiger partial charge in [-0.1, -0.05) is 35.1 Å². The van der Waals surface area contributed by atoms with E-state index in [0.29, 0.717) is 50.9 Å². The lowest BCUT2D eigenvalue weighted by molar-refractivity contribution is -0.136. The summed E-state index contributed by atoms with van der Waals surface area (Å²) in [6.07, 6.45) is -1.13. The lowest BCUT2D eigenvalue weighted by Gasteiger charge is -2.31. The Morgan fingerprint density at radius 2 is 2.05 bits per heavy atom. The van der Waals surface area contributed by atoms with Crippen molar-refractivity contribution in [2.45, 2.75) is 50.9 Å². The number of carbonyl (C=O) groups excluding carboxylic acids is 2. The zero-order chi connectivity index (χ0) is 28.3. The topological polar surface area (TPSA) is 85.5 Å². The number of thiazole rings is 1. The quantitative estimate of drug-likeness (QED) is 0.241. The molecule has 2 heterocycles. The summed E-state index contributed by atoms with van der Waals surface area (Å²) >= 11 is 7.61. The minimum absolute atomic E-state index is 0.00578. The molecular weight excluding hydrogens is 563 g/mol. The lowest BCUT2D eigenvalue weighted by Crippen LogP contribution is -2.39. The van der Waals surface area contributed by atoms with E-state index in [1.807, 2.05) is 24.0 Å². The van der Waals surface area contributed by atoms with E-state index in [0.717, 1.165) is 30.9 Å². The predicted octanol–water partition coefficient (Wildman–Crippen LogP) is 6.42. The van der Waals surface area contributed by atoms with Crippen molar-refractivity contribution in [3.05, 3.63) is 63.2 Å². The van der Waals surface area contributed by atoms with Crippen LogP contribution in [-0.4, -0.2) is 42.4 Å². The molecule has 0 radical (unpaired) electrons. The molecule has 1 aliphatic heterocycles. The van der Waals surface area contributed by atoms with E-state index in [9.17, 15) is 22.8 Å². The summed E-state index contributed by atoms with van der Waals surface area (Å²) in [6.45, 7) is 2.58. The van der Waals surface area contributed by atoms with Crippen LogP contribution in [0.3, 0.4) is 0 Å². The van der Waals surface area contributed by atoms with Crippen LogP contribution in [0, 0.1) is 18.8 Å². The first-order valence-electron chi connectivity index (χ1n) is 13.2. The van der Waals surface area contributed by atoms with E-state index in [1.54, 1.807) is 6.07 Å². The number of hydrogen-bond donors (Lipinski definition) is 1. The van der Waals surface area contributed by atoms with Crippen molar-refractivity contribution in [2.24, 2.45) is 17.6 Å². The maximum atomic E-state index is 13.7. The Morgan fingerprint density at radius 1 is 1.27 bits per heavy atom. The molecule has 2 saturated carbocycles. The van der Waals surface area contributed by atoms with Gasteiger partial charge in [-0.3, -0.25) is 9.59 Å². The number of halogens is 4. The second kappa shape index (κ2) is 10.2. The largest absolute Gasteiger partial charge is 0.418 e. The van der Waals surface area contributed by atoms with E-state index in [-0.39, 0.29) is 47.5 Å². The normalized spacial score (nSPS) is 23.1. The summed E-state index contributed by atoms with van der Waals surface area (Å²) in [6, 6.07) is 7.85. The molecule has 0 unspecified atom stereocenters. The van der Waals surface area contributed by atoms with E-state index in [4.69, 9.17) is 22.1 Å². The van der Waals surface area contributed by atoms with Gasteiger partial charge in [-0.25, -0.2) is 4.98 Å². The van der Waals surface area contributed by atoms with Gasteiger partial charge >= 0.3 is 6.18 Å². The molecule has 2 aromatic carbocycles. The van der Waals surface area contributed by atoms with Gasteiger partial charge in [-0.05, 0) is 56.4 Å². The molecular formula is C29H27ClF3N3O3S. The highest BCUT2D eigenvalue weighted by Gasteiger charge is 2.47. The number of anilines is 1. The fourth-order valence-corrected chi connectivity index (χ4v) is 7.42. The van der Waals surface area contributed by atoms with Gasteiger partial charge < -0.3 is 15.4 Å². The molecule has 2 aliphatic carbocycles. The highest BCUT2D eigenvalue weighted by Crippen LogP contribution is 2.46. The van der Waals surface area contributed by atoms with Crippen LogP contribution < -0.4 is 10.6 Å².